The second-order valence-electron chi connectivity index (χ2n) is 24.9. The number of para-hydroxylation sites is 6. The summed E-state index contributed by atoms with van der Waals surface area (Å²) in [4.78, 5) is 6.81. The van der Waals surface area contributed by atoms with Crippen molar-refractivity contribution in [2.24, 2.45) is 0 Å². The monoisotopic (exact) mass is 1300 g/mol. The molecule has 6 heterocycles. The highest BCUT2D eigenvalue weighted by atomic mass is 32.2. The number of nitrogens with zero attached hydrogens (tertiary/aromatic N) is 7. The SMILES string of the molecule is CSN1c2cc3c(cc2B2c4cc5c(cc4N(SC)c4cc(N(c6ccccc6)c6ccccc6)cc1c42)Oc1cc(N(c2ccccc2)c2ccccc2)cc2c1B5c1cc(C#N)ccc1O2)B1c2cc(C#N)ccc2Oc2cc(N(c4ccccc4)c4ccccc4)cc(c21)O3. The predicted molar refractivity (Wildman–Crippen MR) is 404 cm³/mol. The van der Waals surface area contributed by atoms with Crippen molar-refractivity contribution in [3.8, 4) is 58.1 Å². The first-order chi connectivity index (χ1) is 48.4. The van der Waals surface area contributed by atoms with Crippen LogP contribution >= 0.6 is 23.9 Å². The zero-order chi connectivity index (χ0) is 65.3. The average Bonchev–Trinajstić information content (AvgIpc) is 0.691. The van der Waals surface area contributed by atoms with Gasteiger partial charge in [-0.15, -0.1) is 0 Å². The molecule has 460 valence electrons. The minimum Gasteiger partial charge on any atom is -0.458 e. The zero-order valence-electron chi connectivity index (χ0n) is 52.9. The molecule has 13 aromatic rings. The van der Waals surface area contributed by atoms with Gasteiger partial charge in [-0.05, 0) is 183 Å². The number of ether oxygens (including phenoxy) is 4. The Morgan fingerprint density at radius 3 is 0.867 bits per heavy atom. The van der Waals surface area contributed by atoms with E-state index in [4.69, 9.17) is 18.9 Å². The number of hydrogen-bond donors (Lipinski definition) is 0. The maximum Gasteiger partial charge on any atom is 0.260 e. The van der Waals surface area contributed by atoms with Crippen molar-refractivity contribution < 1.29 is 18.9 Å². The fourth-order valence-electron chi connectivity index (χ4n) is 15.6. The summed E-state index contributed by atoms with van der Waals surface area (Å²) in [6.07, 6.45) is 4.30. The van der Waals surface area contributed by atoms with Gasteiger partial charge in [-0.2, -0.15) is 10.5 Å². The molecule has 0 saturated heterocycles. The van der Waals surface area contributed by atoms with E-state index in [1.165, 1.54) is 0 Å². The van der Waals surface area contributed by atoms with E-state index in [0.717, 1.165) is 123 Å². The Morgan fingerprint density at radius 1 is 0.276 bits per heavy atom. The summed E-state index contributed by atoms with van der Waals surface area (Å²) in [5.41, 5.74) is 22.6. The van der Waals surface area contributed by atoms with E-state index in [2.05, 4.69) is 266 Å². The van der Waals surface area contributed by atoms with Crippen molar-refractivity contribution >= 4 is 167 Å². The smallest absolute Gasteiger partial charge is 0.260 e. The Bertz CT molecular complexity index is 5130. The third-order valence-corrected chi connectivity index (χ3v) is 21.1. The summed E-state index contributed by atoms with van der Waals surface area (Å²) in [7, 11) is 0. The summed E-state index contributed by atoms with van der Waals surface area (Å²) in [5.74, 6) is 5.44. The topological polar surface area (TPSA) is 101 Å². The first-order valence-corrected chi connectivity index (χ1v) is 34.8. The van der Waals surface area contributed by atoms with E-state index < -0.39 is 13.4 Å². The van der Waals surface area contributed by atoms with Gasteiger partial charge in [0.05, 0.1) is 63.1 Å². The fraction of sp³-hybridized carbons (Fsp3) is 0.0244. The summed E-state index contributed by atoms with van der Waals surface area (Å²) < 4.78 is 33.9. The predicted octanol–water partition coefficient (Wildman–Crippen LogP) is 15.3. The van der Waals surface area contributed by atoms with Gasteiger partial charge in [0.2, 0.25) is 0 Å². The molecule has 16 heteroatoms. The Labute approximate surface area is 577 Å². The van der Waals surface area contributed by atoms with Crippen LogP contribution in [0, 0.1) is 22.7 Å². The lowest BCUT2D eigenvalue weighted by Gasteiger charge is -2.45. The molecule has 0 saturated carbocycles. The summed E-state index contributed by atoms with van der Waals surface area (Å²) in [6.45, 7) is -1.15. The molecule has 0 atom stereocenters. The normalized spacial score (nSPS) is 13.1. The van der Waals surface area contributed by atoms with E-state index in [0.29, 0.717) is 57.1 Å². The molecule has 11 nitrogen and oxygen atoms in total. The molecule has 0 aliphatic carbocycles. The number of anilines is 13. The molecular formula is C82H52B3N7O4S2. The van der Waals surface area contributed by atoms with Crippen LogP contribution in [-0.4, -0.2) is 32.6 Å². The molecule has 0 amide bonds. The van der Waals surface area contributed by atoms with Crippen molar-refractivity contribution in [3.63, 3.8) is 0 Å². The molecule has 6 aliphatic heterocycles. The van der Waals surface area contributed by atoms with Gasteiger partial charge in [-0.1, -0.05) is 121 Å². The van der Waals surface area contributed by atoms with Gasteiger partial charge < -0.3 is 33.6 Å². The van der Waals surface area contributed by atoms with Gasteiger partial charge in [-0.3, -0.25) is 8.61 Å². The number of rotatable bonds is 11. The molecule has 0 unspecified atom stereocenters. The molecule has 6 aliphatic rings. The number of nitriles is 2. The standard InChI is InChI=1S/C82H52B3N7O4S2/c1-97-91-68-47-74-66(84-64-37-51(49-86)33-35-72(64)93-76-41-60(43-78(95-74)81(76)84)89(55-25-13-5-14-26-55)56-27-15-6-16-28-56)45-62(68)83-63-46-67-75(48-69(63)92(98-2)71-40-59(39-70(91)80(71)83)88(53-21-9-3-10-22-53)54-23-11-4-12-24-54)96-79-44-61(90(57-29-17-7-18-30-57)58-31-19-8-20-32-58)42-77-82(79)85(67)65-38-52(50-87)34-36-73(65)94-77/h3-48H,1-2H3. The first-order valence-electron chi connectivity index (χ1n) is 32.5. The van der Waals surface area contributed by atoms with Crippen LogP contribution in [0.5, 0.6) is 46.0 Å². The van der Waals surface area contributed by atoms with Gasteiger partial charge >= 0.3 is 0 Å². The minimum atomic E-state index is -0.395. The molecule has 0 fully saturated rings. The minimum absolute atomic E-state index is 0.361. The highest BCUT2D eigenvalue weighted by molar-refractivity contribution is 8.00. The molecule has 98 heavy (non-hydrogen) atoms. The quantitative estimate of drug-likeness (QED) is 0.0908. The Morgan fingerprint density at radius 2 is 0.561 bits per heavy atom. The molecule has 19 rings (SSSR count). The van der Waals surface area contributed by atoms with Gasteiger partial charge in [0.25, 0.3) is 20.1 Å². The molecule has 0 aromatic heterocycles. The van der Waals surface area contributed by atoms with Gasteiger partial charge in [0, 0.05) is 94.0 Å². The summed E-state index contributed by atoms with van der Waals surface area (Å²) >= 11 is 3.32. The molecule has 13 aromatic carbocycles. The maximum atomic E-state index is 10.6. The third kappa shape index (κ3) is 8.95. The van der Waals surface area contributed by atoms with Crippen LogP contribution < -0.4 is 91.4 Å². The van der Waals surface area contributed by atoms with Crippen LogP contribution in [0.3, 0.4) is 0 Å². The Kier molecular flexibility index (Phi) is 13.4. The molecule has 0 N–H and O–H groups in total. The number of fused-ring (bicyclic) bond motifs is 12. The Balaban J connectivity index is 0.857. The first kappa shape index (κ1) is 57.4. The highest BCUT2D eigenvalue weighted by Gasteiger charge is 2.50. The maximum absolute atomic E-state index is 10.6. The van der Waals surface area contributed by atoms with Crippen molar-refractivity contribution in [2.75, 3.05) is 35.8 Å². The van der Waals surface area contributed by atoms with Crippen molar-refractivity contribution in [3.05, 3.63) is 290 Å². The van der Waals surface area contributed by atoms with Crippen molar-refractivity contribution in [1.82, 2.24) is 0 Å². The highest BCUT2D eigenvalue weighted by Crippen LogP contribution is 2.51. The largest absolute Gasteiger partial charge is 0.458 e. The average molecular weight is 1300 g/mol. The van der Waals surface area contributed by atoms with Crippen LogP contribution in [-0.2, 0) is 0 Å². The lowest BCUT2D eigenvalue weighted by atomic mass is 9.29. The molecule has 0 bridgehead atoms. The van der Waals surface area contributed by atoms with Gasteiger partial charge in [-0.25, -0.2) is 0 Å². The van der Waals surface area contributed by atoms with E-state index in [-0.39, 0.29) is 6.71 Å². The van der Waals surface area contributed by atoms with Crippen LogP contribution in [0.4, 0.5) is 73.9 Å². The third-order valence-electron chi connectivity index (χ3n) is 19.6. The van der Waals surface area contributed by atoms with Crippen LogP contribution in [0.15, 0.2) is 279 Å². The van der Waals surface area contributed by atoms with E-state index in [1.807, 2.05) is 60.7 Å². The van der Waals surface area contributed by atoms with Crippen LogP contribution in [0.2, 0.25) is 0 Å². The van der Waals surface area contributed by atoms with Crippen LogP contribution in [0.25, 0.3) is 0 Å². The second-order valence-corrected chi connectivity index (χ2v) is 26.4. The van der Waals surface area contributed by atoms with Crippen molar-refractivity contribution in [2.45, 2.75) is 0 Å². The lowest BCUT2D eigenvalue weighted by molar-refractivity contribution is 0.464. The fourth-order valence-corrected chi connectivity index (χ4v) is 17.0. The number of benzene rings is 13. The van der Waals surface area contributed by atoms with Gasteiger partial charge in [0.15, 0.2) is 0 Å². The van der Waals surface area contributed by atoms with Crippen molar-refractivity contribution in [1.29, 1.82) is 10.5 Å². The van der Waals surface area contributed by atoms with E-state index >= 15 is 0 Å². The van der Waals surface area contributed by atoms with Crippen LogP contribution in [0.1, 0.15) is 11.1 Å². The van der Waals surface area contributed by atoms with E-state index in [1.54, 1.807) is 23.9 Å². The van der Waals surface area contributed by atoms with E-state index in [9.17, 15) is 10.5 Å². The molecule has 0 spiro atoms. The molecular weight excluding hydrogens is 1240 g/mol. The summed E-state index contributed by atoms with van der Waals surface area (Å²) in [5, 5.41) is 21.2. The Hall–Kier alpha value is -12.1. The zero-order valence-corrected chi connectivity index (χ0v) is 54.5. The number of hydrogen-bond acceptors (Lipinski definition) is 13. The molecule has 0 radical (unpaired) electrons. The lowest BCUT2D eigenvalue weighted by Crippen LogP contribution is -2.65. The second kappa shape index (κ2) is 22.8. The summed E-state index contributed by atoms with van der Waals surface area (Å²) in [6, 6.07) is 102. The van der Waals surface area contributed by atoms with Gasteiger partial charge in [0.1, 0.15) is 46.0 Å².